The first kappa shape index (κ1) is 14.2. The molecule has 0 aliphatic heterocycles. The minimum atomic E-state index is -0.823. The maximum atomic E-state index is 10.9. The third kappa shape index (κ3) is 3.54. The molecule has 1 rings (SSSR count). The summed E-state index contributed by atoms with van der Waals surface area (Å²) in [6.45, 7) is 10.4. The molecular formula is C13H21NO2S. The van der Waals surface area contributed by atoms with Gasteiger partial charge >= 0.3 is 5.97 Å². The normalized spacial score (nSPS) is 13.0. The fraction of sp³-hybridized carbons (Fsp3) is 0.615. The first-order valence-electron chi connectivity index (χ1n) is 6.06. The Morgan fingerprint density at radius 3 is 2.59 bits per heavy atom. The number of aromatic carboxylic acids is 1. The Labute approximate surface area is 107 Å². The van der Waals surface area contributed by atoms with Crippen LogP contribution in [0.4, 0.5) is 0 Å². The van der Waals surface area contributed by atoms with E-state index < -0.39 is 5.97 Å². The van der Waals surface area contributed by atoms with Crippen LogP contribution in [0.25, 0.3) is 0 Å². The summed E-state index contributed by atoms with van der Waals surface area (Å²) in [6.07, 6.45) is 1.11. The van der Waals surface area contributed by atoms with E-state index in [9.17, 15) is 4.79 Å². The number of hydrogen-bond donors (Lipinski definition) is 1. The van der Waals surface area contributed by atoms with E-state index in [1.165, 1.54) is 11.3 Å². The molecule has 0 saturated carbocycles. The summed E-state index contributed by atoms with van der Waals surface area (Å²) >= 11 is 1.37. The zero-order valence-electron chi connectivity index (χ0n) is 11.0. The van der Waals surface area contributed by atoms with Crippen LogP contribution in [-0.2, 0) is 6.54 Å². The molecule has 0 amide bonds. The van der Waals surface area contributed by atoms with Gasteiger partial charge in [-0.2, -0.15) is 0 Å². The molecule has 0 saturated heterocycles. The SMILES string of the molecule is CCC(C)N(CC)Cc1cc(C(=O)O)sc1C. The maximum Gasteiger partial charge on any atom is 0.345 e. The van der Waals surface area contributed by atoms with E-state index in [0.717, 1.165) is 30.0 Å². The fourth-order valence-electron chi connectivity index (χ4n) is 1.84. The van der Waals surface area contributed by atoms with E-state index >= 15 is 0 Å². The van der Waals surface area contributed by atoms with Crippen molar-refractivity contribution < 1.29 is 9.90 Å². The molecule has 1 aromatic heterocycles. The number of carbonyl (C=O) groups is 1. The van der Waals surface area contributed by atoms with Gasteiger partial charge in [0.25, 0.3) is 0 Å². The van der Waals surface area contributed by atoms with Crippen molar-refractivity contribution in [1.29, 1.82) is 0 Å². The molecule has 3 nitrogen and oxygen atoms in total. The second kappa shape index (κ2) is 6.17. The average Bonchev–Trinajstić information content (AvgIpc) is 2.67. The number of rotatable bonds is 6. The minimum Gasteiger partial charge on any atom is -0.477 e. The van der Waals surface area contributed by atoms with E-state index in [4.69, 9.17) is 5.11 Å². The van der Waals surface area contributed by atoms with E-state index in [0.29, 0.717) is 10.9 Å². The molecule has 4 heteroatoms. The average molecular weight is 255 g/mol. The van der Waals surface area contributed by atoms with E-state index in [-0.39, 0.29) is 0 Å². The van der Waals surface area contributed by atoms with Gasteiger partial charge in [0.15, 0.2) is 0 Å². The van der Waals surface area contributed by atoms with Crippen LogP contribution in [0.5, 0.6) is 0 Å². The van der Waals surface area contributed by atoms with Crippen LogP contribution in [0.2, 0.25) is 0 Å². The Hall–Kier alpha value is -0.870. The monoisotopic (exact) mass is 255 g/mol. The highest BCUT2D eigenvalue weighted by Crippen LogP contribution is 2.23. The molecule has 1 aromatic rings. The Balaban J connectivity index is 2.82. The second-order valence-electron chi connectivity index (χ2n) is 4.32. The van der Waals surface area contributed by atoms with Crippen molar-refractivity contribution >= 4 is 17.3 Å². The predicted molar refractivity (Wildman–Crippen MR) is 71.9 cm³/mol. The van der Waals surface area contributed by atoms with Crippen molar-refractivity contribution in [3.05, 3.63) is 21.4 Å². The van der Waals surface area contributed by atoms with E-state index in [1.807, 2.05) is 13.0 Å². The van der Waals surface area contributed by atoms with Gasteiger partial charge in [-0.15, -0.1) is 11.3 Å². The summed E-state index contributed by atoms with van der Waals surface area (Å²) < 4.78 is 0. The Morgan fingerprint density at radius 1 is 1.53 bits per heavy atom. The highest BCUT2D eigenvalue weighted by molar-refractivity contribution is 7.14. The molecule has 96 valence electrons. The van der Waals surface area contributed by atoms with Crippen molar-refractivity contribution in [1.82, 2.24) is 4.90 Å². The highest BCUT2D eigenvalue weighted by atomic mass is 32.1. The van der Waals surface area contributed by atoms with Crippen molar-refractivity contribution in [3.63, 3.8) is 0 Å². The number of carboxylic acids is 1. The topological polar surface area (TPSA) is 40.5 Å². The third-order valence-electron chi connectivity index (χ3n) is 3.23. The Bertz CT molecular complexity index is 387. The first-order chi connectivity index (χ1) is 7.99. The number of nitrogens with zero attached hydrogens (tertiary/aromatic N) is 1. The molecule has 1 heterocycles. The summed E-state index contributed by atoms with van der Waals surface area (Å²) in [7, 11) is 0. The fourth-order valence-corrected chi connectivity index (χ4v) is 2.71. The van der Waals surface area contributed by atoms with Crippen LogP contribution in [0.1, 0.15) is 47.3 Å². The predicted octanol–water partition coefficient (Wildman–Crippen LogP) is 3.38. The molecule has 0 spiro atoms. The number of carboxylic acid groups (broad SMARTS) is 1. The van der Waals surface area contributed by atoms with Gasteiger partial charge in [0.05, 0.1) is 0 Å². The van der Waals surface area contributed by atoms with Crippen molar-refractivity contribution in [2.24, 2.45) is 0 Å². The van der Waals surface area contributed by atoms with Gasteiger partial charge in [-0.05, 0) is 38.4 Å². The van der Waals surface area contributed by atoms with Gasteiger partial charge in [0.2, 0.25) is 0 Å². The standard InChI is InChI=1S/C13H21NO2S/c1-5-9(3)14(6-2)8-11-7-12(13(15)16)17-10(11)4/h7,9H,5-6,8H2,1-4H3,(H,15,16). The lowest BCUT2D eigenvalue weighted by atomic mass is 10.1. The van der Waals surface area contributed by atoms with Crippen LogP contribution in [0.15, 0.2) is 6.07 Å². The summed E-state index contributed by atoms with van der Waals surface area (Å²) in [4.78, 5) is 14.8. The molecule has 0 radical (unpaired) electrons. The van der Waals surface area contributed by atoms with Gasteiger partial charge in [0.1, 0.15) is 4.88 Å². The highest BCUT2D eigenvalue weighted by Gasteiger charge is 2.15. The van der Waals surface area contributed by atoms with Gasteiger partial charge in [0, 0.05) is 17.5 Å². The molecule has 1 N–H and O–H groups in total. The smallest absolute Gasteiger partial charge is 0.345 e. The number of thiophene rings is 1. The van der Waals surface area contributed by atoms with Crippen molar-refractivity contribution in [2.75, 3.05) is 6.54 Å². The van der Waals surface area contributed by atoms with Crippen molar-refractivity contribution in [2.45, 2.75) is 46.7 Å². The Morgan fingerprint density at radius 2 is 2.18 bits per heavy atom. The number of hydrogen-bond acceptors (Lipinski definition) is 3. The van der Waals surface area contributed by atoms with Crippen LogP contribution >= 0.6 is 11.3 Å². The van der Waals surface area contributed by atoms with Crippen LogP contribution in [-0.4, -0.2) is 28.6 Å². The molecule has 17 heavy (non-hydrogen) atoms. The van der Waals surface area contributed by atoms with E-state index in [2.05, 4.69) is 25.7 Å². The summed E-state index contributed by atoms with van der Waals surface area (Å²) in [5, 5.41) is 8.97. The maximum absolute atomic E-state index is 10.9. The lowest BCUT2D eigenvalue weighted by Gasteiger charge is -2.26. The summed E-state index contributed by atoms with van der Waals surface area (Å²) in [5.74, 6) is -0.823. The van der Waals surface area contributed by atoms with Gasteiger partial charge in [-0.3, -0.25) is 4.90 Å². The zero-order valence-corrected chi connectivity index (χ0v) is 11.8. The molecule has 1 atom stereocenters. The Kier molecular flexibility index (Phi) is 5.15. The number of aryl methyl sites for hydroxylation is 1. The lowest BCUT2D eigenvalue weighted by Crippen LogP contribution is -2.31. The zero-order chi connectivity index (χ0) is 13.0. The molecule has 0 aliphatic carbocycles. The molecule has 0 bridgehead atoms. The minimum absolute atomic E-state index is 0.442. The van der Waals surface area contributed by atoms with Crippen LogP contribution in [0, 0.1) is 6.92 Å². The van der Waals surface area contributed by atoms with Crippen LogP contribution < -0.4 is 0 Å². The largest absolute Gasteiger partial charge is 0.477 e. The quantitative estimate of drug-likeness (QED) is 0.847. The summed E-state index contributed by atoms with van der Waals surface area (Å²) in [5.41, 5.74) is 1.15. The van der Waals surface area contributed by atoms with Crippen molar-refractivity contribution in [3.8, 4) is 0 Å². The first-order valence-corrected chi connectivity index (χ1v) is 6.87. The molecule has 0 aliphatic rings. The van der Waals surface area contributed by atoms with Gasteiger partial charge in [-0.1, -0.05) is 13.8 Å². The molecule has 0 aromatic carbocycles. The van der Waals surface area contributed by atoms with Gasteiger partial charge < -0.3 is 5.11 Å². The second-order valence-corrected chi connectivity index (χ2v) is 5.57. The van der Waals surface area contributed by atoms with Crippen LogP contribution in [0.3, 0.4) is 0 Å². The van der Waals surface area contributed by atoms with Gasteiger partial charge in [-0.25, -0.2) is 4.79 Å². The van der Waals surface area contributed by atoms with E-state index in [1.54, 1.807) is 0 Å². The molecular weight excluding hydrogens is 234 g/mol. The summed E-state index contributed by atoms with van der Waals surface area (Å²) in [6, 6.07) is 2.35. The third-order valence-corrected chi connectivity index (χ3v) is 4.31. The molecule has 0 fully saturated rings. The molecule has 1 unspecified atom stereocenters. The lowest BCUT2D eigenvalue weighted by molar-refractivity contribution is 0.0702.